The van der Waals surface area contributed by atoms with Gasteiger partial charge in [0, 0.05) is 11.8 Å². The van der Waals surface area contributed by atoms with Crippen LogP contribution in [0.5, 0.6) is 5.75 Å². The van der Waals surface area contributed by atoms with Crippen molar-refractivity contribution in [2.75, 3.05) is 23.0 Å². The number of anilines is 2. The Bertz CT molecular complexity index is 822. The van der Waals surface area contributed by atoms with Gasteiger partial charge in [-0.3, -0.25) is 9.10 Å². The Hall–Kier alpha value is -2.54. The highest BCUT2D eigenvalue weighted by Crippen LogP contribution is 2.23. The summed E-state index contributed by atoms with van der Waals surface area (Å²) in [5.41, 5.74) is 1.00. The van der Waals surface area contributed by atoms with Gasteiger partial charge in [0.1, 0.15) is 11.8 Å². The van der Waals surface area contributed by atoms with E-state index in [1.807, 2.05) is 0 Å². The van der Waals surface area contributed by atoms with Gasteiger partial charge in [0.25, 0.3) is 0 Å². The zero-order chi connectivity index (χ0) is 18.4. The Morgan fingerprint density at radius 2 is 1.84 bits per heavy atom. The number of sulfonamides is 1. The van der Waals surface area contributed by atoms with Gasteiger partial charge in [0.15, 0.2) is 0 Å². The summed E-state index contributed by atoms with van der Waals surface area (Å²) in [5.74, 6) is 0.207. The molecule has 0 heterocycles. The first-order valence-corrected chi connectivity index (χ1v) is 9.71. The molecule has 0 aliphatic rings. The molecule has 0 saturated heterocycles. The highest BCUT2D eigenvalue weighted by Gasteiger charge is 2.31. The molecule has 2 rings (SSSR count). The molecule has 25 heavy (non-hydrogen) atoms. The van der Waals surface area contributed by atoms with E-state index in [4.69, 9.17) is 4.74 Å². The summed E-state index contributed by atoms with van der Waals surface area (Å²) in [7, 11) is -2.09. The van der Waals surface area contributed by atoms with Crippen molar-refractivity contribution < 1.29 is 17.9 Å². The van der Waals surface area contributed by atoms with Gasteiger partial charge < -0.3 is 10.1 Å². The number of amides is 1. The minimum Gasteiger partial charge on any atom is -0.497 e. The fraction of sp³-hybridized carbons (Fsp3) is 0.278. The topological polar surface area (TPSA) is 75.7 Å². The Kier molecular flexibility index (Phi) is 6.03. The van der Waals surface area contributed by atoms with Crippen LogP contribution in [-0.2, 0) is 14.8 Å². The number of nitrogens with one attached hydrogen (secondary N) is 1. The zero-order valence-electron chi connectivity index (χ0n) is 14.5. The molecular weight excluding hydrogens is 340 g/mol. The molecule has 6 nitrogen and oxygen atoms in total. The quantitative estimate of drug-likeness (QED) is 0.822. The minimum absolute atomic E-state index is 0.331. The fourth-order valence-electron chi connectivity index (χ4n) is 2.56. The highest BCUT2D eigenvalue weighted by molar-refractivity contribution is 7.92. The van der Waals surface area contributed by atoms with Crippen LogP contribution in [0.3, 0.4) is 0 Å². The van der Waals surface area contributed by atoms with Crippen molar-refractivity contribution in [3.05, 3.63) is 54.6 Å². The molecule has 0 aliphatic heterocycles. The number of nitrogens with zero attached hydrogens (tertiary/aromatic N) is 1. The van der Waals surface area contributed by atoms with Crippen LogP contribution in [0.2, 0.25) is 0 Å². The average Bonchev–Trinajstić information content (AvgIpc) is 2.59. The van der Waals surface area contributed by atoms with Gasteiger partial charge >= 0.3 is 0 Å². The molecule has 0 saturated carbocycles. The van der Waals surface area contributed by atoms with Crippen LogP contribution in [0.1, 0.15) is 13.3 Å². The molecule has 134 valence electrons. The Morgan fingerprint density at radius 3 is 2.40 bits per heavy atom. The van der Waals surface area contributed by atoms with Crippen LogP contribution < -0.4 is 14.4 Å². The van der Waals surface area contributed by atoms with E-state index in [2.05, 4.69) is 5.32 Å². The van der Waals surface area contributed by atoms with Gasteiger partial charge in [-0.25, -0.2) is 8.42 Å². The number of ether oxygens (including phenoxy) is 1. The lowest BCUT2D eigenvalue weighted by molar-refractivity contribution is -0.117. The maximum Gasteiger partial charge on any atom is 0.248 e. The third-order valence-corrected chi connectivity index (χ3v) is 4.86. The summed E-state index contributed by atoms with van der Waals surface area (Å²) < 4.78 is 30.9. The van der Waals surface area contributed by atoms with Crippen molar-refractivity contribution in [3.8, 4) is 5.75 Å². The summed E-state index contributed by atoms with van der Waals surface area (Å²) in [6, 6.07) is 14.7. The Labute approximate surface area is 148 Å². The molecule has 0 aliphatic carbocycles. The number of rotatable bonds is 7. The van der Waals surface area contributed by atoms with Crippen molar-refractivity contribution in [1.82, 2.24) is 0 Å². The number of hydrogen-bond acceptors (Lipinski definition) is 4. The molecule has 0 spiro atoms. The monoisotopic (exact) mass is 362 g/mol. The molecule has 7 heteroatoms. The van der Waals surface area contributed by atoms with Crippen molar-refractivity contribution in [1.29, 1.82) is 0 Å². The molecule has 0 unspecified atom stereocenters. The Morgan fingerprint density at radius 1 is 1.16 bits per heavy atom. The third-order valence-electron chi connectivity index (χ3n) is 3.68. The molecule has 0 aromatic heterocycles. The van der Waals surface area contributed by atoms with E-state index in [1.54, 1.807) is 61.5 Å². The largest absolute Gasteiger partial charge is 0.497 e. The van der Waals surface area contributed by atoms with Crippen LogP contribution in [0.4, 0.5) is 11.4 Å². The second kappa shape index (κ2) is 8.02. The molecule has 1 amide bonds. The van der Waals surface area contributed by atoms with Gasteiger partial charge in [0.05, 0.1) is 19.1 Å². The molecule has 1 atom stereocenters. The first-order valence-electron chi connectivity index (χ1n) is 7.86. The number of carbonyl (C=O) groups excluding carboxylic acids is 1. The molecule has 0 bridgehead atoms. The molecule has 0 radical (unpaired) electrons. The standard InChI is InChI=1S/C18H22N2O4S/c1-4-17(18(21)19-14-9-8-12-16(13-14)24-2)20(25(3,22)23)15-10-6-5-7-11-15/h5-13,17H,4H2,1-3H3,(H,19,21)/t17-/m0/s1. The molecular formula is C18H22N2O4S. The maximum atomic E-state index is 12.7. The van der Waals surface area contributed by atoms with Gasteiger partial charge in [-0.05, 0) is 30.7 Å². The SMILES string of the molecule is CC[C@@H](C(=O)Nc1cccc(OC)c1)N(c1ccccc1)S(C)(=O)=O. The number of carbonyl (C=O) groups is 1. The summed E-state index contributed by atoms with van der Waals surface area (Å²) >= 11 is 0. The summed E-state index contributed by atoms with van der Waals surface area (Å²) in [4.78, 5) is 12.7. The number of benzene rings is 2. The van der Waals surface area contributed by atoms with Gasteiger partial charge in [0.2, 0.25) is 15.9 Å². The lowest BCUT2D eigenvalue weighted by atomic mass is 10.2. The summed E-state index contributed by atoms with van der Waals surface area (Å²) in [6.07, 6.45) is 1.43. The van der Waals surface area contributed by atoms with Crippen LogP contribution >= 0.6 is 0 Å². The van der Waals surface area contributed by atoms with E-state index in [1.165, 1.54) is 7.11 Å². The van der Waals surface area contributed by atoms with Crippen molar-refractivity contribution in [3.63, 3.8) is 0 Å². The second-order valence-electron chi connectivity index (χ2n) is 5.54. The zero-order valence-corrected chi connectivity index (χ0v) is 15.3. The third kappa shape index (κ3) is 4.73. The van der Waals surface area contributed by atoms with E-state index < -0.39 is 22.0 Å². The van der Waals surface area contributed by atoms with E-state index in [0.717, 1.165) is 10.6 Å². The molecule has 1 N–H and O–H groups in total. The molecule has 0 fully saturated rings. The van der Waals surface area contributed by atoms with Crippen molar-refractivity contribution in [2.45, 2.75) is 19.4 Å². The van der Waals surface area contributed by atoms with Gasteiger partial charge in [-0.15, -0.1) is 0 Å². The summed E-state index contributed by atoms with van der Waals surface area (Å²) in [6.45, 7) is 1.77. The van der Waals surface area contributed by atoms with Gasteiger partial charge in [-0.1, -0.05) is 31.2 Å². The minimum atomic E-state index is -3.63. The predicted octanol–water partition coefficient (Wildman–Crippen LogP) is 2.88. The lowest BCUT2D eigenvalue weighted by Crippen LogP contribution is -2.46. The Balaban J connectivity index is 2.32. The van der Waals surface area contributed by atoms with Crippen LogP contribution in [0.25, 0.3) is 0 Å². The second-order valence-corrected chi connectivity index (χ2v) is 7.40. The molecule has 2 aromatic carbocycles. The van der Waals surface area contributed by atoms with Gasteiger partial charge in [-0.2, -0.15) is 0 Å². The normalized spacial score (nSPS) is 12.3. The smallest absolute Gasteiger partial charge is 0.248 e. The van der Waals surface area contributed by atoms with E-state index in [0.29, 0.717) is 23.5 Å². The summed E-state index contributed by atoms with van der Waals surface area (Å²) in [5, 5.41) is 2.76. The van der Waals surface area contributed by atoms with Crippen LogP contribution in [0.15, 0.2) is 54.6 Å². The van der Waals surface area contributed by atoms with E-state index >= 15 is 0 Å². The maximum absolute atomic E-state index is 12.7. The predicted molar refractivity (Wildman–Crippen MR) is 99.5 cm³/mol. The molecule has 2 aromatic rings. The van der Waals surface area contributed by atoms with E-state index in [-0.39, 0.29) is 0 Å². The average molecular weight is 362 g/mol. The van der Waals surface area contributed by atoms with Crippen molar-refractivity contribution >= 4 is 27.3 Å². The van der Waals surface area contributed by atoms with E-state index in [9.17, 15) is 13.2 Å². The number of para-hydroxylation sites is 1. The number of hydrogen-bond donors (Lipinski definition) is 1. The number of methoxy groups -OCH3 is 1. The first-order chi connectivity index (χ1) is 11.9. The van der Waals surface area contributed by atoms with Crippen LogP contribution in [0, 0.1) is 0 Å². The van der Waals surface area contributed by atoms with Crippen molar-refractivity contribution in [2.24, 2.45) is 0 Å². The fourth-order valence-corrected chi connectivity index (χ4v) is 3.77. The highest BCUT2D eigenvalue weighted by atomic mass is 32.2. The lowest BCUT2D eigenvalue weighted by Gasteiger charge is -2.30. The first kappa shape index (κ1) is 18.8. The van der Waals surface area contributed by atoms with Crippen LogP contribution in [-0.4, -0.2) is 33.7 Å².